The molecule has 0 aromatic heterocycles. The van der Waals surface area contributed by atoms with Crippen molar-refractivity contribution in [2.75, 3.05) is 0 Å². The maximum atomic E-state index is 13.6. The fraction of sp³-hybridized carbons (Fsp3) is 0.0526. The van der Waals surface area contributed by atoms with Gasteiger partial charge in [0.25, 0.3) is 0 Å². The van der Waals surface area contributed by atoms with E-state index in [4.69, 9.17) is 9.05 Å². The summed E-state index contributed by atoms with van der Waals surface area (Å²) in [6.07, 6.45) is 0. The van der Waals surface area contributed by atoms with E-state index in [9.17, 15) is 9.46 Å². The van der Waals surface area contributed by atoms with Crippen LogP contribution in [0.2, 0.25) is 0 Å². The molecule has 0 unspecified atom stereocenters. The van der Waals surface area contributed by atoms with Crippen LogP contribution in [-0.2, 0) is 4.57 Å². The lowest BCUT2D eigenvalue weighted by atomic mass is 9.89. The van der Waals surface area contributed by atoms with Crippen LogP contribution in [0.4, 0.5) is 0 Å². The third-order valence-corrected chi connectivity index (χ3v) is 8.28. The van der Waals surface area contributed by atoms with E-state index in [2.05, 4.69) is 23.7 Å². The molecular formula is C38H25O4P. The molecule has 0 saturated heterocycles. The van der Waals surface area contributed by atoms with Gasteiger partial charge in [-0.25, -0.2) is 4.57 Å². The lowest BCUT2D eigenvalue weighted by Crippen LogP contribution is -2.00. The van der Waals surface area contributed by atoms with Crippen molar-refractivity contribution in [3.63, 3.8) is 0 Å². The molecule has 0 radical (unpaired) electrons. The maximum absolute atomic E-state index is 13.6. The number of hydrogen-bond donors (Lipinski definition) is 1. The van der Waals surface area contributed by atoms with Gasteiger partial charge in [0.15, 0.2) is 11.5 Å². The summed E-state index contributed by atoms with van der Waals surface area (Å²) in [6, 6.07) is 35.3. The molecule has 6 aromatic rings. The Kier molecular flexibility index (Phi) is 6.53. The van der Waals surface area contributed by atoms with Gasteiger partial charge in [0.2, 0.25) is 0 Å². The van der Waals surface area contributed by atoms with E-state index in [1.807, 2.05) is 123 Å². The summed E-state index contributed by atoms with van der Waals surface area (Å²) in [4.78, 5) is 11.1. The smallest absolute Gasteiger partial charge is 0.393 e. The van der Waals surface area contributed by atoms with Gasteiger partial charge in [-0.15, -0.1) is 0 Å². The van der Waals surface area contributed by atoms with Crippen molar-refractivity contribution in [3.05, 3.63) is 143 Å². The number of hydrogen-bond acceptors (Lipinski definition) is 3. The van der Waals surface area contributed by atoms with Crippen LogP contribution in [0.1, 0.15) is 33.4 Å². The molecule has 4 nitrogen and oxygen atoms in total. The second kappa shape index (κ2) is 10.5. The van der Waals surface area contributed by atoms with E-state index >= 15 is 0 Å². The molecule has 0 fully saturated rings. The first-order valence-electron chi connectivity index (χ1n) is 13.9. The summed E-state index contributed by atoms with van der Waals surface area (Å²) < 4.78 is 25.4. The van der Waals surface area contributed by atoms with Gasteiger partial charge in [-0.3, -0.25) is 4.89 Å². The van der Waals surface area contributed by atoms with Crippen LogP contribution >= 0.6 is 7.82 Å². The van der Waals surface area contributed by atoms with Crippen LogP contribution in [0, 0.1) is 37.5 Å². The van der Waals surface area contributed by atoms with Crippen molar-refractivity contribution in [1.29, 1.82) is 0 Å². The average Bonchev–Trinajstić information content (AvgIpc) is 3.14. The summed E-state index contributed by atoms with van der Waals surface area (Å²) in [7, 11) is -4.64. The molecule has 0 atom stereocenters. The molecule has 0 bridgehead atoms. The van der Waals surface area contributed by atoms with Crippen molar-refractivity contribution in [2.24, 2.45) is 0 Å². The molecule has 7 rings (SSSR count). The van der Waals surface area contributed by atoms with Crippen LogP contribution < -0.4 is 9.05 Å². The first-order chi connectivity index (χ1) is 20.8. The quantitative estimate of drug-likeness (QED) is 0.145. The zero-order chi connectivity index (χ0) is 29.6. The lowest BCUT2D eigenvalue weighted by Gasteiger charge is -2.15. The highest BCUT2D eigenvalue weighted by Crippen LogP contribution is 2.58. The van der Waals surface area contributed by atoms with E-state index in [-0.39, 0.29) is 11.5 Å². The van der Waals surface area contributed by atoms with Gasteiger partial charge >= 0.3 is 7.82 Å². The zero-order valence-electron chi connectivity index (χ0n) is 23.5. The molecule has 0 saturated carbocycles. The van der Waals surface area contributed by atoms with Gasteiger partial charge in [-0.1, -0.05) is 108 Å². The molecular weight excluding hydrogens is 551 g/mol. The van der Waals surface area contributed by atoms with Gasteiger partial charge in [0, 0.05) is 22.3 Å². The van der Waals surface area contributed by atoms with Gasteiger partial charge in [-0.05, 0) is 71.8 Å². The predicted molar refractivity (Wildman–Crippen MR) is 172 cm³/mol. The number of fused-ring (bicyclic) bond motifs is 7. The summed E-state index contributed by atoms with van der Waals surface area (Å²) >= 11 is 0. The van der Waals surface area contributed by atoms with Crippen molar-refractivity contribution in [2.45, 2.75) is 13.8 Å². The predicted octanol–water partition coefficient (Wildman–Crippen LogP) is 8.95. The van der Waals surface area contributed by atoms with Crippen molar-refractivity contribution < 1.29 is 18.5 Å². The monoisotopic (exact) mass is 576 g/mol. The third-order valence-electron chi connectivity index (χ3n) is 7.45. The molecule has 1 N–H and O–H groups in total. The Hall–Kier alpha value is -5.25. The molecule has 6 aromatic carbocycles. The highest BCUT2D eigenvalue weighted by Gasteiger charge is 2.36. The normalized spacial score (nSPS) is 12.8. The van der Waals surface area contributed by atoms with Crippen LogP contribution in [0.5, 0.6) is 11.5 Å². The van der Waals surface area contributed by atoms with E-state index in [0.29, 0.717) is 22.3 Å². The molecule has 0 spiro atoms. The first-order valence-corrected chi connectivity index (χ1v) is 15.4. The highest BCUT2D eigenvalue weighted by molar-refractivity contribution is 7.48. The number of aryl methyl sites for hydroxylation is 2. The van der Waals surface area contributed by atoms with Gasteiger partial charge in [0.1, 0.15) is 0 Å². The van der Waals surface area contributed by atoms with Crippen LogP contribution in [-0.4, -0.2) is 4.89 Å². The Labute approximate surface area is 250 Å². The van der Waals surface area contributed by atoms with E-state index in [1.165, 1.54) is 0 Å². The second-order valence-electron chi connectivity index (χ2n) is 10.6. The number of rotatable bonds is 0. The van der Waals surface area contributed by atoms with Crippen molar-refractivity contribution in [1.82, 2.24) is 0 Å². The van der Waals surface area contributed by atoms with Crippen LogP contribution in [0.25, 0.3) is 32.7 Å². The fourth-order valence-electron chi connectivity index (χ4n) is 5.33. The molecule has 43 heavy (non-hydrogen) atoms. The summed E-state index contributed by atoms with van der Waals surface area (Å²) in [6.45, 7) is 4.04. The van der Waals surface area contributed by atoms with Crippen molar-refractivity contribution >= 4 is 29.4 Å². The number of phosphoric acid groups is 1. The molecule has 5 heteroatoms. The minimum Gasteiger partial charge on any atom is -0.393 e. The van der Waals surface area contributed by atoms with Crippen LogP contribution in [0.15, 0.2) is 109 Å². The van der Waals surface area contributed by atoms with Gasteiger partial charge in [0.05, 0.1) is 11.1 Å². The first kappa shape index (κ1) is 26.6. The molecule has 1 aliphatic heterocycles. The lowest BCUT2D eigenvalue weighted by molar-refractivity contribution is 0.294. The SMILES string of the molecule is Cc1ccc(C#Cc2cc3ccccc3c3c2OP(=O)(O)Oc2c(C#Cc4ccc(C)cc4)cc4ccccc4c2-3)cc1. The van der Waals surface area contributed by atoms with Crippen molar-refractivity contribution in [3.8, 4) is 46.3 Å². The highest BCUT2D eigenvalue weighted by atomic mass is 31.2. The minimum absolute atomic E-state index is 0.205. The second-order valence-corrected chi connectivity index (χ2v) is 11.9. The topological polar surface area (TPSA) is 55.8 Å². The third kappa shape index (κ3) is 5.16. The van der Waals surface area contributed by atoms with E-state index < -0.39 is 7.82 Å². The molecule has 1 heterocycles. The molecule has 1 aliphatic rings. The Morgan fingerprint density at radius 2 is 0.953 bits per heavy atom. The largest absolute Gasteiger partial charge is 0.585 e. The number of phosphoric ester groups is 1. The van der Waals surface area contributed by atoms with Crippen LogP contribution in [0.3, 0.4) is 0 Å². The standard InChI is InChI=1S/C38H25O4P/c1-25-11-15-27(16-12-25)19-21-31-23-29-7-3-5-9-33(29)35-36-34-10-6-4-8-30(34)24-32(22-20-28-17-13-26(2)14-18-28)38(36)42-43(39,40)41-37(31)35/h3-18,23-24H,1-2H3,(H,39,40). The average molecular weight is 577 g/mol. The number of benzene rings is 6. The molecule has 0 amide bonds. The van der Waals surface area contributed by atoms with Gasteiger partial charge < -0.3 is 9.05 Å². The Balaban J connectivity index is 1.56. The van der Waals surface area contributed by atoms with E-state index in [1.54, 1.807) is 0 Å². The Morgan fingerprint density at radius 3 is 1.37 bits per heavy atom. The molecule has 206 valence electrons. The summed E-state index contributed by atoms with van der Waals surface area (Å²) in [5.74, 6) is 13.3. The zero-order valence-corrected chi connectivity index (χ0v) is 24.4. The fourth-order valence-corrected chi connectivity index (χ4v) is 6.21. The summed E-state index contributed by atoms with van der Waals surface area (Å²) in [5.41, 5.74) is 6.17. The Bertz CT molecular complexity index is 2080. The Morgan fingerprint density at radius 1 is 0.558 bits per heavy atom. The minimum atomic E-state index is -4.64. The van der Waals surface area contributed by atoms with E-state index in [0.717, 1.165) is 43.8 Å². The molecule has 0 aliphatic carbocycles. The maximum Gasteiger partial charge on any atom is 0.585 e. The van der Waals surface area contributed by atoms with Gasteiger partial charge in [-0.2, -0.15) is 0 Å². The summed E-state index contributed by atoms with van der Waals surface area (Å²) in [5, 5.41) is 3.52.